The van der Waals surface area contributed by atoms with Gasteiger partial charge in [0.15, 0.2) is 0 Å². The molecule has 7 nitrogen and oxygen atoms in total. The van der Waals surface area contributed by atoms with E-state index in [2.05, 4.69) is 15.0 Å². The number of ether oxygens (including phenoxy) is 1. The van der Waals surface area contributed by atoms with E-state index in [1.807, 2.05) is 0 Å². The summed E-state index contributed by atoms with van der Waals surface area (Å²) >= 11 is 5.69. The molecule has 1 fully saturated rings. The smallest absolute Gasteiger partial charge is 0.255 e. The molecular weight excluding hydrogens is 397 g/mol. The number of pyridine rings is 1. The third-order valence-corrected chi connectivity index (χ3v) is 6.04. The minimum Gasteiger partial charge on any atom is -0.380 e. The van der Waals surface area contributed by atoms with Crippen LogP contribution < -0.4 is 10.0 Å². The molecule has 144 valence electrons. The molecule has 1 aliphatic rings. The van der Waals surface area contributed by atoms with Crippen LogP contribution in [0, 0.1) is 5.82 Å². The second-order valence-corrected chi connectivity index (χ2v) is 8.37. The first-order valence-electron chi connectivity index (χ1n) is 8.17. The Bertz CT molecular complexity index is 949. The largest absolute Gasteiger partial charge is 0.380 e. The van der Waals surface area contributed by atoms with Gasteiger partial charge in [-0.1, -0.05) is 11.6 Å². The highest BCUT2D eigenvalue weighted by atomic mass is 35.5. The quantitative estimate of drug-likeness (QED) is 0.785. The summed E-state index contributed by atoms with van der Waals surface area (Å²) in [6.07, 6.45) is 2.49. The van der Waals surface area contributed by atoms with Gasteiger partial charge in [0.05, 0.1) is 11.6 Å². The summed E-state index contributed by atoms with van der Waals surface area (Å²) in [6.45, 7) is 0.675. The van der Waals surface area contributed by atoms with Crippen molar-refractivity contribution in [2.45, 2.75) is 18.1 Å². The first-order valence-corrected chi connectivity index (χ1v) is 10.1. The molecule has 1 saturated heterocycles. The number of sulfonamides is 1. The van der Waals surface area contributed by atoms with Crippen LogP contribution in [-0.2, 0) is 14.8 Å². The van der Waals surface area contributed by atoms with Gasteiger partial charge >= 0.3 is 0 Å². The fourth-order valence-corrected chi connectivity index (χ4v) is 4.09. The van der Waals surface area contributed by atoms with E-state index < -0.39 is 27.0 Å². The van der Waals surface area contributed by atoms with Crippen LogP contribution in [0.2, 0.25) is 5.02 Å². The average molecular weight is 414 g/mol. The Balaban J connectivity index is 1.72. The molecule has 2 aromatic rings. The monoisotopic (exact) mass is 413 g/mol. The maximum Gasteiger partial charge on any atom is 0.255 e. The number of rotatable bonds is 5. The molecule has 0 radical (unpaired) electrons. The predicted octanol–water partition coefficient (Wildman–Crippen LogP) is 3.05. The molecule has 1 unspecified atom stereocenters. The van der Waals surface area contributed by atoms with Gasteiger partial charge in [-0.15, -0.1) is 0 Å². The molecule has 27 heavy (non-hydrogen) atoms. The number of carbonyl (C=O) groups excluding carboxylic acids is 1. The molecule has 0 aliphatic carbocycles. The minimum absolute atomic E-state index is 0.0327. The van der Waals surface area contributed by atoms with Crippen LogP contribution in [-0.4, -0.2) is 37.8 Å². The van der Waals surface area contributed by atoms with Crippen molar-refractivity contribution in [3.63, 3.8) is 0 Å². The summed E-state index contributed by atoms with van der Waals surface area (Å²) in [6, 6.07) is 6.54. The maximum atomic E-state index is 13.2. The molecule has 3 rings (SSSR count). The van der Waals surface area contributed by atoms with Crippen molar-refractivity contribution < 1.29 is 22.3 Å². The Labute approximate surface area is 160 Å². The standard InChI is InChI=1S/C17H17ClFN3O4S/c18-14-9-12(3-4-15(14)19)21-17(23)11-5-6-20-16(8-11)22-27(24,25)13-2-1-7-26-10-13/h3-6,8-9,13H,1-2,7,10H2,(H,20,22)(H,21,23). The van der Waals surface area contributed by atoms with Crippen LogP contribution in [0.4, 0.5) is 15.9 Å². The van der Waals surface area contributed by atoms with Gasteiger partial charge < -0.3 is 10.1 Å². The molecule has 2 N–H and O–H groups in total. The van der Waals surface area contributed by atoms with Gasteiger partial charge in [0.1, 0.15) is 16.9 Å². The maximum absolute atomic E-state index is 13.2. The van der Waals surface area contributed by atoms with Crippen molar-refractivity contribution in [2.24, 2.45) is 0 Å². The van der Waals surface area contributed by atoms with E-state index in [4.69, 9.17) is 16.3 Å². The summed E-state index contributed by atoms with van der Waals surface area (Å²) in [7, 11) is -3.68. The summed E-state index contributed by atoms with van der Waals surface area (Å²) < 4.78 is 45.6. The van der Waals surface area contributed by atoms with Crippen LogP contribution in [0.3, 0.4) is 0 Å². The highest BCUT2D eigenvalue weighted by Gasteiger charge is 2.28. The molecular formula is C17H17ClFN3O4S. The zero-order valence-electron chi connectivity index (χ0n) is 14.1. The number of benzene rings is 1. The Morgan fingerprint density at radius 2 is 2.11 bits per heavy atom. The highest BCUT2D eigenvalue weighted by Crippen LogP contribution is 2.21. The molecule has 10 heteroatoms. The number of nitrogens with one attached hydrogen (secondary N) is 2. The number of anilines is 2. The van der Waals surface area contributed by atoms with E-state index in [1.165, 1.54) is 30.5 Å². The number of hydrogen-bond acceptors (Lipinski definition) is 5. The lowest BCUT2D eigenvalue weighted by Crippen LogP contribution is -2.35. The fourth-order valence-electron chi connectivity index (χ4n) is 2.59. The van der Waals surface area contributed by atoms with E-state index in [9.17, 15) is 17.6 Å². The van der Waals surface area contributed by atoms with Crippen LogP contribution in [0.15, 0.2) is 36.5 Å². The molecule has 0 spiro atoms. The molecule has 0 bridgehead atoms. The third kappa shape index (κ3) is 4.94. The Morgan fingerprint density at radius 1 is 1.30 bits per heavy atom. The first kappa shape index (κ1) is 19.5. The molecule has 0 saturated carbocycles. The Kier molecular flexibility index (Phi) is 5.93. The van der Waals surface area contributed by atoms with E-state index >= 15 is 0 Å². The Hall–Kier alpha value is -2.23. The van der Waals surface area contributed by atoms with Crippen LogP contribution in [0.5, 0.6) is 0 Å². The number of carbonyl (C=O) groups is 1. The fraction of sp³-hybridized carbons (Fsp3) is 0.294. The number of aromatic nitrogens is 1. The number of amides is 1. The van der Waals surface area contributed by atoms with Gasteiger partial charge in [-0.2, -0.15) is 0 Å². The lowest BCUT2D eigenvalue weighted by Gasteiger charge is -2.22. The molecule has 1 aromatic carbocycles. The topological polar surface area (TPSA) is 97.4 Å². The number of hydrogen-bond donors (Lipinski definition) is 2. The molecule has 1 aromatic heterocycles. The van der Waals surface area contributed by atoms with Crippen LogP contribution in [0.1, 0.15) is 23.2 Å². The van der Waals surface area contributed by atoms with E-state index in [-0.39, 0.29) is 23.0 Å². The van der Waals surface area contributed by atoms with Gasteiger partial charge in [-0.25, -0.2) is 17.8 Å². The SMILES string of the molecule is O=C(Nc1ccc(F)c(Cl)c1)c1ccnc(NS(=O)(=O)C2CCCOC2)c1. The first-order chi connectivity index (χ1) is 12.8. The number of halogens is 2. The van der Waals surface area contributed by atoms with E-state index in [0.29, 0.717) is 25.1 Å². The van der Waals surface area contributed by atoms with Crippen molar-refractivity contribution in [1.29, 1.82) is 0 Å². The van der Waals surface area contributed by atoms with Crippen LogP contribution in [0.25, 0.3) is 0 Å². The van der Waals surface area contributed by atoms with Gasteiger partial charge in [-0.05, 0) is 43.2 Å². The molecule has 1 aliphatic heterocycles. The lowest BCUT2D eigenvalue weighted by atomic mass is 10.2. The second-order valence-electron chi connectivity index (χ2n) is 6.00. The summed E-state index contributed by atoms with van der Waals surface area (Å²) in [4.78, 5) is 16.3. The van der Waals surface area contributed by atoms with Crippen molar-refractivity contribution >= 4 is 39.0 Å². The summed E-state index contributed by atoms with van der Waals surface area (Å²) in [5.41, 5.74) is 0.493. The minimum atomic E-state index is -3.68. The highest BCUT2D eigenvalue weighted by molar-refractivity contribution is 7.93. The zero-order chi connectivity index (χ0) is 19.4. The molecule has 1 amide bonds. The van der Waals surface area contributed by atoms with Crippen LogP contribution >= 0.6 is 11.6 Å². The molecule has 2 heterocycles. The van der Waals surface area contributed by atoms with Gasteiger partial charge in [-0.3, -0.25) is 9.52 Å². The summed E-state index contributed by atoms with van der Waals surface area (Å²) in [5.74, 6) is -1.08. The van der Waals surface area contributed by atoms with Gasteiger partial charge in [0.25, 0.3) is 5.91 Å². The number of nitrogens with zero attached hydrogens (tertiary/aromatic N) is 1. The zero-order valence-corrected chi connectivity index (χ0v) is 15.7. The van der Waals surface area contributed by atoms with Crippen molar-refractivity contribution in [3.8, 4) is 0 Å². The molecule has 1 atom stereocenters. The second kappa shape index (κ2) is 8.20. The van der Waals surface area contributed by atoms with Crippen molar-refractivity contribution in [2.75, 3.05) is 23.3 Å². The van der Waals surface area contributed by atoms with Crippen molar-refractivity contribution in [1.82, 2.24) is 4.98 Å². The van der Waals surface area contributed by atoms with Gasteiger partial charge in [0.2, 0.25) is 10.0 Å². The van der Waals surface area contributed by atoms with Crippen molar-refractivity contribution in [3.05, 3.63) is 52.9 Å². The van der Waals surface area contributed by atoms with Gasteiger partial charge in [0, 0.05) is 24.1 Å². The lowest BCUT2D eigenvalue weighted by molar-refractivity contribution is 0.0992. The average Bonchev–Trinajstić information content (AvgIpc) is 2.65. The Morgan fingerprint density at radius 3 is 2.81 bits per heavy atom. The predicted molar refractivity (Wildman–Crippen MR) is 100.0 cm³/mol. The third-order valence-electron chi connectivity index (χ3n) is 4.00. The van der Waals surface area contributed by atoms with E-state index in [1.54, 1.807) is 0 Å². The summed E-state index contributed by atoms with van der Waals surface area (Å²) in [5, 5.41) is 1.78. The normalized spacial score (nSPS) is 17.3. The van der Waals surface area contributed by atoms with E-state index in [0.717, 1.165) is 6.07 Å².